The molecule has 0 aliphatic rings. The molecule has 1 rings (SSSR count). The highest BCUT2D eigenvalue weighted by Gasteiger charge is 2.35. The van der Waals surface area contributed by atoms with Crippen LogP contribution in [-0.4, -0.2) is 29.1 Å². The Morgan fingerprint density at radius 2 is 2.11 bits per heavy atom. The average molecular weight is 284 g/mol. The standard InChI is InChI=1S/C9H9ClF3N3O2/c1-4(7(17)18-2)14-6-3-5(10)15-8(16-6)9(11,12)13/h3-4H,1-2H3,(H,14,15,16). The molecule has 1 aromatic rings. The lowest BCUT2D eigenvalue weighted by Crippen LogP contribution is -2.28. The number of nitrogens with zero attached hydrogens (tertiary/aromatic N) is 2. The SMILES string of the molecule is COC(=O)C(C)Nc1cc(Cl)nc(C(F)(F)F)n1. The van der Waals surface area contributed by atoms with Crippen LogP contribution in [0.25, 0.3) is 0 Å². The van der Waals surface area contributed by atoms with Gasteiger partial charge in [0.1, 0.15) is 17.0 Å². The number of carbonyl (C=O) groups excluding carboxylic acids is 1. The van der Waals surface area contributed by atoms with Gasteiger partial charge in [-0.2, -0.15) is 13.2 Å². The molecule has 0 bridgehead atoms. The second-order valence-electron chi connectivity index (χ2n) is 3.29. The van der Waals surface area contributed by atoms with Crippen molar-refractivity contribution >= 4 is 23.4 Å². The molecule has 1 aromatic heterocycles. The van der Waals surface area contributed by atoms with Gasteiger partial charge in [0.2, 0.25) is 5.82 Å². The van der Waals surface area contributed by atoms with Gasteiger partial charge in [0.15, 0.2) is 0 Å². The Labute approximate surface area is 105 Å². The summed E-state index contributed by atoms with van der Waals surface area (Å²) >= 11 is 5.45. The Morgan fingerprint density at radius 3 is 2.61 bits per heavy atom. The predicted molar refractivity (Wildman–Crippen MR) is 57.1 cm³/mol. The van der Waals surface area contributed by atoms with Crippen LogP contribution in [0.1, 0.15) is 12.7 Å². The van der Waals surface area contributed by atoms with Crippen molar-refractivity contribution in [2.45, 2.75) is 19.1 Å². The fourth-order valence-corrected chi connectivity index (χ4v) is 1.26. The zero-order valence-electron chi connectivity index (χ0n) is 9.38. The van der Waals surface area contributed by atoms with Crippen LogP contribution in [0, 0.1) is 0 Å². The molecule has 9 heteroatoms. The van der Waals surface area contributed by atoms with Crippen LogP contribution in [0.15, 0.2) is 6.07 Å². The maximum Gasteiger partial charge on any atom is 0.451 e. The molecule has 0 radical (unpaired) electrons. The summed E-state index contributed by atoms with van der Waals surface area (Å²) in [7, 11) is 1.16. The van der Waals surface area contributed by atoms with E-state index in [1.807, 2.05) is 0 Å². The molecule has 1 N–H and O–H groups in total. The van der Waals surface area contributed by atoms with Gasteiger partial charge in [-0.1, -0.05) is 11.6 Å². The summed E-state index contributed by atoms with van der Waals surface area (Å²) in [6, 6.07) is 0.220. The van der Waals surface area contributed by atoms with Crippen molar-refractivity contribution < 1.29 is 22.7 Å². The largest absolute Gasteiger partial charge is 0.467 e. The van der Waals surface area contributed by atoms with Gasteiger partial charge in [0.05, 0.1) is 7.11 Å². The number of hydrogen-bond acceptors (Lipinski definition) is 5. The Bertz CT molecular complexity index is 453. The van der Waals surface area contributed by atoms with Crippen LogP contribution in [-0.2, 0) is 15.7 Å². The van der Waals surface area contributed by atoms with Crippen molar-refractivity contribution in [1.29, 1.82) is 0 Å². The lowest BCUT2D eigenvalue weighted by atomic mass is 10.3. The molecule has 0 saturated carbocycles. The van der Waals surface area contributed by atoms with Crippen LogP contribution in [0.2, 0.25) is 5.15 Å². The second kappa shape index (κ2) is 5.38. The van der Waals surface area contributed by atoms with Gasteiger partial charge in [-0.25, -0.2) is 14.8 Å². The molecule has 0 aliphatic carbocycles. The van der Waals surface area contributed by atoms with E-state index in [0.717, 1.165) is 13.2 Å². The first-order valence-corrected chi connectivity index (χ1v) is 5.08. The predicted octanol–water partition coefficient (Wildman–Crippen LogP) is 2.12. The first-order chi connectivity index (χ1) is 8.24. The zero-order chi connectivity index (χ0) is 13.9. The first-order valence-electron chi connectivity index (χ1n) is 4.70. The van der Waals surface area contributed by atoms with Crippen LogP contribution in [0.3, 0.4) is 0 Å². The molecular formula is C9H9ClF3N3O2. The number of hydrogen-bond donors (Lipinski definition) is 1. The highest BCUT2D eigenvalue weighted by atomic mass is 35.5. The molecule has 100 valence electrons. The number of carbonyl (C=O) groups is 1. The monoisotopic (exact) mass is 283 g/mol. The van der Waals surface area contributed by atoms with Crippen LogP contribution >= 0.6 is 11.6 Å². The summed E-state index contributed by atoms with van der Waals surface area (Å²) in [4.78, 5) is 17.4. The Kier molecular flexibility index (Phi) is 4.33. The molecular weight excluding hydrogens is 275 g/mol. The van der Waals surface area contributed by atoms with Crippen LogP contribution < -0.4 is 5.32 Å². The summed E-state index contributed by atoms with van der Waals surface area (Å²) < 4.78 is 41.6. The number of ether oxygens (including phenoxy) is 1. The minimum atomic E-state index is -4.71. The lowest BCUT2D eigenvalue weighted by molar-refractivity contribution is -0.144. The molecule has 0 spiro atoms. The maximum atomic E-state index is 12.4. The number of aromatic nitrogens is 2. The van der Waals surface area contributed by atoms with Crippen LogP contribution in [0.4, 0.5) is 19.0 Å². The fraction of sp³-hybridized carbons (Fsp3) is 0.444. The lowest BCUT2D eigenvalue weighted by Gasteiger charge is -2.13. The topological polar surface area (TPSA) is 64.1 Å². The Morgan fingerprint density at radius 1 is 1.50 bits per heavy atom. The summed E-state index contributed by atoms with van der Waals surface area (Å²) in [6.07, 6.45) is -4.71. The van der Waals surface area contributed by atoms with E-state index in [0.29, 0.717) is 0 Å². The quantitative estimate of drug-likeness (QED) is 0.680. The van der Waals surface area contributed by atoms with Crippen molar-refractivity contribution in [3.05, 3.63) is 17.0 Å². The highest BCUT2D eigenvalue weighted by molar-refractivity contribution is 6.29. The number of nitrogens with one attached hydrogen (secondary N) is 1. The van der Waals surface area contributed by atoms with E-state index in [-0.39, 0.29) is 11.0 Å². The third kappa shape index (κ3) is 3.73. The van der Waals surface area contributed by atoms with E-state index in [1.54, 1.807) is 0 Å². The third-order valence-electron chi connectivity index (χ3n) is 1.87. The third-order valence-corrected chi connectivity index (χ3v) is 2.06. The van der Waals surface area contributed by atoms with Gasteiger partial charge >= 0.3 is 12.1 Å². The van der Waals surface area contributed by atoms with Crippen molar-refractivity contribution in [2.75, 3.05) is 12.4 Å². The van der Waals surface area contributed by atoms with Crippen molar-refractivity contribution in [1.82, 2.24) is 9.97 Å². The Hall–Kier alpha value is -1.57. The van der Waals surface area contributed by atoms with Gasteiger partial charge in [-0.15, -0.1) is 0 Å². The maximum absolute atomic E-state index is 12.4. The first kappa shape index (κ1) is 14.5. The molecule has 0 aromatic carbocycles. The summed E-state index contributed by atoms with van der Waals surface area (Å²) in [6.45, 7) is 1.41. The van der Waals surface area contributed by atoms with E-state index in [9.17, 15) is 18.0 Å². The molecule has 0 aliphatic heterocycles. The number of halogens is 4. The van der Waals surface area contributed by atoms with Gasteiger partial charge < -0.3 is 10.1 Å². The van der Waals surface area contributed by atoms with E-state index >= 15 is 0 Å². The fourth-order valence-electron chi connectivity index (χ4n) is 1.08. The number of alkyl halides is 3. The zero-order valence-corrected chi connectivity index (χ0v) is 10.1. The normalized spacial score (nSPS) is 13.0. The van der Waals surface area contributed by atoms with Gasteiger partial charge in [0, 0.05) is 6.07 Å². The molecule has 1 heterocycles. The molecule has 0 saturated heterocycles. The average Bonchev–Trinajstić information content (AvgIpc) is 2.25. The van der Waals surface area contributed by atoms with Gasteiger partial charge in [0.25, 0.3) is 0 Å². The summed E-state index contributed by atoms with van der Waals surface area (Å²) in [5.74, 6) is -2.23. The van der Waals surface area contributed by atoms with Gasteiger partial charge in [-0.05, 0) is 6.92 Å². The molecule has 5 nitrogen and oxygen atoms in total. The van der Waals surface area contributed by atoms with Crippen LogP contribution in [0.5, 0.6) is 0 Å². The van der Waals surface area contributed by atoms with E-state index in [1.165, 1.54) is 6.92 Å². The number of anilines is 1. The Balaban J connectivity index is 2.97. The molecule has 0 amide bonds. The van der Waals surface area contributed by atoms with Crippen molar-refractivity contribution in [2.24, 2.45) is 0 Å². The second-order valence-corrected chi connectivity index (χ2v) is 3.67. The molecule has 1 atom stereocenters. The summed E-state index contributed by atoms with van der Waals surface area (Å²) in [5, 5.41) is 2.06. The highest BCUT2D eigenvalue weighted by Crippen LogP contribution is 2.28. The number of esters is 1. The van der Waals surface area contributed by atoms with E-state index in [2.05, 4.69) is 20.0 Å². The van der Waals surface area contributed by atoms with Crippen molar-refractivity contribution in [3.63, 3.8) is 0 Å². The number of rotatable bonds is 3. The van der Waals surface area contributed by atoms with Crippen molar-refractivity contribution in [3.8, 4) is 0 Å². The van der Waals surface area contributed by atoms with E-state index in [4.69, 9.17) is 11.6 Å². The van der Waals surface area contributed by atoms with Gasteiger partial charge in [-0.3, -0.25) is 0 Å². The summed E-state index contributed by atoms with van der Waals surface area (Å²) in [5.41, 5.74) is 0. The molecule has 1 unspecified atom stereocenters. The smallest absolute Gasteiger partial charge is 0.451 e. The molecule has 18 heavy (non-hydrogen) atoms. The number of methoxy groups -OCH3 is 1. The van der Waals surface area contributed by atoms with E-state index < -0.39 is 24.0 Å². The molecule has 0 fully saturated rings. The minimum Gasteiger partial charge on any atom is -0.467 e. The minimum absolute atomic E-state index is 0.208.